The number of aryl methyl sites for hydroxylation is 1. The van der Waals surface area contributed by atoms with E-state index < -0.39 is 17.0 Å². The molecule has 8 heteroatoms. The molecule has 0 fully saturated rings. The van der Waals surface area contributed by atoms with Gasteiger partial charge in [0.2, 0.25) is 0 Å². The Kier molecular flexibility index (Phi) is 7.23. The van der Waals surface area contributed by atoms with Gasteiger partial charge in [-0.05, 0) is 48.9 Å². The third-order valence-electron chi connectivity index (χ3n) is 5.92. The molecule has 0 amide bonds. The van der Waals surface area contributed by atoms with Crippen molar-refractivity contribution in [2.75, 3.05) is 0 Å². The quantitative estimate of drug-likeness (QED) is 0.237. The predicted octanol–water partition coefficient (Wildman–Crippen LogP) is 8.26. The minimum Gasteiger partial charge on any atom is -0.291 e. The standard InChI is InChI=1S/C27H21Cl2F2N3S/c1-16-4-7-19(8-5-16)34-25(27(2,3)18-6-9-21(28)22(29)12-18)14-33-26(34)35-15-20-23(30)10-17(13-32)11-24(20)31/h4-12,14H,15H2,1-3H3. The fourth-order valence-corrected chi connectivity index (χ4v) is 5.10. The monoisotopic (exact) mass is 527 g/mol. The van der Waals surface area contributed by atoms with Crippen molar-refractivity contribution in [3.63, 3.8) is 0 Å². The smallest absolute Gasteiger partial charge is 0.173 e. The molecular formula is C27H21Cl2F2N3S. The second-order valence-electron chi connectivity index (χ2n) is 8.67. The van der Waals surface area contributed by atoms with Crippen molar-refractivity contribution in [2.24, 2.45) is 0 Å². The summed E-state index contributed by atoms with van der Waals surface area (Å²) in [5, 5.41) is 10.5. The molecule has 0 atom stereocenters. The van der Waals surface area contributed by atoms with Crippen LogP contribution in [-0.2, 0) is 11.2 Å². The van der Waals surface area contributed by atoms with Gasteiger partial charge < -0.3 is 0 Å². The summed E-state index contributed by atoms with van der Waals surface area (Å²) in [5.41, 5.74) is 3.13. The zero-order chi connectivity index (χ0) is 25.3. The van der Waals surface area contributed by atoms with Crippen LogP contribution in [0.5, 0.6) is 0 Å². The number of halogens is 4. The van der Waals surface area contributed by atoms with Gasteiger partial charge in [0.15, 0.2) is 5.16 Å². The van der Waals surface area contributed by atoms with E-state index in [1.54, 1.807) is 18.3 Å². The van der Waals surface area contributed by atoms with Crippen molar-refractivity contribution < 1.29 is 8.78 Å². The van der Waals surface area contributed by atoms with E-state index in [2.05, 4.69) is 18.8 Å². The Bertz CT molecular complexity index is 1420. The maximum Gasteiger partial charge on any atom is 0.173 e. The SMILES string of the molecule is Cc1ccc(-n2c(C(C)(C)c3ccc(Cl)c(Cl)c3)cnc2SCc2c(F)cc(C#N)cc2F)cc1. The van der Waals surface area contributed by atoms with Crippen molar-refractivity contribution in [3.8, 4) is 11.8 Å². The number of aromatic nitrogens is 2. The highest BCUT2D eigenvalue weighted by molar-refractivity contribution is 7.98. The molecule has 1 heterocycles. The molecular weight excluding hydrogens is 507 g/mol. The van der Waals surface area contributed by atoms with Crippen LogP contribution in [0.4, 0.5) is 8.78 Å². The molecule has 0 radical (unpaired) electrons. The van der Waals surface area contributed by atoms with Crippen LogP contribution >= 0.6 is 35.0 Å². The number of hydrogen-bond donors (Lipinski definition) is 0. The molecule has 4 aromatic rings. The molecule has 0 saturated heterocycles. The second kappa shape index (κ2) is 10.0. The Hall–Kier alpha value is -2.85. The highest BCUT2D eigenvalue weighted by Crippen LogP contribution is 2.38. The van der Waals surface area contributed by atoms with Crippen LogP contribution in [0.1, 0.15) is 41.8 Å². The van der Waals surface area contributed by atoms with E-state index in [0.717, 1.165) is 34.6 Å². The van der Waals surface area contributed by atoms with Crippen LogP contribution in [0.3, 0.4) is 0 Å². The number of benzene rings is 3. The zero-order valence-corrected chi connectivity index (χ0v) is 21.6. The maximum absolute atomic E-state index is 14.5. The van der Waals surface area contributed by atoms with E-state index in [-0.39, 0.29) is 16.9 Å². The molecule has 0 N–H and O–H groups in total. The summed E-state index contributed by atoms with van der Waals surface area (Å²) in [6.45, 7) is 6.12. The number of nitriles is 1. The summed E-state index contributed by atoms with van der Waals surface area (Å²) >= 11 is 13.7. The Morgan fingerprint density at radius 3 is 2.26 bits per heavy atom. The van der Waals surface area contributed by atoms with Gasteiger partial charge in [-0.1, -0.05) is 72.6 Å². The lowest BCUT2D eigenvalue weighted by molar-refractivity contribution is 0.565. The van der Waals surface area contributed by atoms with Gasteiger partial charge in [-0.2, -0.15) is 5.26 Å². The van der Waals surface area contributed by atoms with Crippen molar-refractivity contribution >= 4 is 35.0 Å². The van der Waals surface area contributed by atoms with Crippen molar-refractivity contribution in [1.29, 1.82) is 5.26 Å². The van der Waals surface area contributed by atoms with Crippen LogP contribution in [0.2, 0.25) is 10.0 Å². The lowest BCUT2D eigenvalue weighted by Crippen LogP contribution is -2.23. The van der Waals surface area contributed by atoms with Crippen LogP contribution in [0.25, 0.3) is 5.69 Å². The normalized spacial score (nSPS) is 11.5. The number of thioether (sulfide) groups is 1. The number of rotatable bonds is 6. The van der Waals surface area contributed by atoms with E-state index in [1.165, 1.54) is 11.8 Å². The fourth-order valence-electron chi connectivity index (χ4n) is 3.80. The summed E-state index contributed by atoms with van der Waals surface area (Å²) in [7, 11) is 0. The molecule has 0 aliphatic heterocycles. The van der Waals surface area contributed by atoms with E-state index in [1.807, 2.05) is 47.9 Å². The molecule has 178 valence electrons. The van der Waals surface area contributed by atoms with Gasteiger partial charge in [0, 0.05) is 22.4 Å². The Morgan fingerprint density at radius 2 is 1.66 bits per heavy atom. The molecule has 3 nitrogen and oxygen atoms in total. The van der Waals surface area contributed by atoms with Gasteiger partial charge in [-0.3, -0.25) is 4.57 Å². The van der Waals surface area contributed by atoms with Crippen LogP contribution < -0.4 is 0 Å². The first-order valence-corrected chi connectivity index (χ1v) is 12.5. The number of imidazole rings is 1. The molecule has 3 aromatic carbocycles. The third-order valence-corrected chi connectivity index (χ3v) is 7.64. The molecule has 0 aliphatic rings. The van der Waals surface area contributed by atoms with E-state index >= 15 is 0 Å². The first kappa shape index (κ1) is 25.2. The van der Waals surface area contributed by atoms with E-state index in [9.17, 15) is 8.78 Å². The third kappa shape index (κ3) is 5.08. The van der Waals surface area contributed by atoms with Crippen LogP contribution in [-0.4, -0.2) is 9.55 Å². The lowest BCUT2D eigenvalue weighted by atomic mass is 9.81. The van der Waals surface area contributed by atoms with E-state index in [0.29, 0.717) is 15.2 Å². The highest BCUT2D eigenvalue weighted by Gasteiger charge is 2.30. The Balaban J connectivity index is 1.78. The van der Waals surface area contributed by atoms with Crippen molar-refractivity contribution in [2.45, 2.75) is 37.1 Å². The predicted molar refractivity (Wildman–Crippen MR) is 138 cm³/mol. The van der Waals surface area contributed by atoms with Gasteiger partial charge in [-0.15, -0.1) is 0 Å². The van der Waals surface area contributed by atoms with E-state index in [4.69, 9.17) is 28.5 Å². The van der Waals surface area contributed by atoms with Crippen molar-refractivity contribution in [3.05, 3.63) is 110 Å². The van der Waals surface area contributed by atoms with Crippen LogP contribution in [0, 0.1) is 29.9 Å². The average molecular weight is 528 g/mol. The molecule has 35 heavy (non-hydrogen) atoms. The molecule has 0 bridgehead atoms. The summed E-state index contributed by atoms with van der Waals surface area (Å²) in [6.07, 6.45) is 1.77. The second-order valence-corrected chi connectivity index (χ2v) is 10.4. The molecule has 0 unspecified atom stereocenters. The van der Waals surface area contributed by atoms with Gasteiger partial charge in [-0.25, -0.2) is 13.8 Å². The summed E-state index contributed by atoms with van der Waals surface area (Å²) in [4.78, 5) is 4.62. The molecule has 1 aromatic heterocycles. The zero-order valence-electron chi connectivity index (χ0n) is 19.2. The van der Waals surface area contributed by atoms with Gasteiger partial charge in [0.25, 0.3) is 0 Å². The first-order valence-electron chi connectivity index (χ1n) is 10.7. The lowest BCUT2D eigenvalue weighted by Gasteiger charge is -2.28. The summed E-state index contributed by atoms with van der Waals surface area (Å²) in [6, 6.07) is 17.4. The van der Waals surface area contributed by atoms with Gasteiger partial charge in [0.1, 0.15) is 11.6 Å². The fraction of sp³-hybridized carbons (Fsp3) is 0.185. The van der Waals surface area contributed by atoms with Crippen molar-refractivity contribution in [1.82, 2.24) is 9.55 Å². The minimum absolute atomic E-state index is 0.0128. The molecule has 4 rings (SSSR count). The largest absolute Gasteiger partial charge is 0.291 e. The Labute approximate surface area is 217 Å². The molecule has 0 aliphatic carbocycles. The van der Waals surface area contributed by atoms with Gasteiger partial charge >= 0.3 is 0 Å². The summed E-state index contributed by atoms with van der Waals surface area (Å²) < 4.78 is 31.0. The molecule has 0 saturated carbocycles. The number of hydrogen-bond acceptors (Lipinski definition) is 3. The Morgan fingerprint density at radius 1 is 1.00 bits per heavy atom. The summed E-state index contributed by atoms with van der Waals surface area (Å²) in [5.74, 6) is -1.49. The number of nitrogens with zero attached hydrogens (tertiary/aromatic N) is 3. The topological polar surface area (TPSA) is 41.6 Å². The maximum atomic E-state index is 14.5. The van der Waals surface area contributed by atoms with Crippen LogP contribution in [0.15, 0.2) is 66.0 Å². The highest BCUT2D eigenvalue weighted by atomic mass is 35.5. The molecule has 0 spiro atoms. The first-order chi connectivity index (χ1) is 16.6. The minimum atomic E-state index is -0.751. The average Bonchev–Trinajstić information content (AvgIpc) is 3.25. The van der Waals surface area contributed by atoms with Gasteiger partial charge in [0.05, 0.1) is 33.6 Å².